The van der Waals surface area contributed by atoms with E-state index in [0.717, 1.165) is 37.7 Å². The lowest BCUT2D eigenvalue weighted by atomic mass is 10.0. The summed E-state index contributed by atoms with van der Waals surface area (Å²) in [4.78, 5) is 17.9. The van der Waals surface area contributed by atoms with Crippen LogP contribution in [0.5, 0.6) is 5.75 Å². The number of ether oxygens (including phenoxy) is 1. The number of para-hydroxylation sites is 1. The lowest BCUT2D eigenvalue weighted by molar-refractivity contribution is -0.141. The number of pyridine rings is 1. The van der Waals surface area contributed by atoms with Crippen LogP contribution in [0.25, 0.3) is 10.9 Å². The van der Waals surface area contributed by atoms with Crippen LogP contribution >= 0.6 is 11.8 Å². The predicted octanol–water partition coefficient (Wildman–Crippen LogP) is 6.23. The van der Waals surface area contributed by atoms with Crippen molar-refractivity contribution in [2.45, 2.75) is 29.7 Å². The third-order valence-electron chi connectivity index (χ3n) is 4.99. The molecule has 0 fully saturated rings. The summed E-state index contributed by atoms with van der Waals surface area (Å²) in [5, 5.41) is 10.2. The van der Waals surface area contributed by atoms with Crippen molar-refractivity contribution in [3.63, 3.8) is 0 Å². The van der Waals surface area contributed by atoms with Gasteiger partial charge in [-0.1, -0.05) is 55.1 Å². The number of hydrogen-bond acceptors (Lipinski definition) is 4. The van der Waals surface area contributed by atoms with Gasteiger partial charge >= 0.3 is 5.97 Å². The molecule has 1 atom stereocenters. The topological polar surface area (TPSA) is 59.4 Å². The van der Waals surface area contributed by atoms with Crippen LogP contribution in [0.1, 0.15) is 18.2 Å². The van der Waals surface area contributed by atoms with Crippen LogP contribution in [-0.4, -0.2) is 16.1 Å². The average molecular weight is 430 g/mol. The van der Waals surface area contributed by atoms with Gasteiger partial charge in [-0.2, -0.15) is 0 Å². The summed E-state index contributed by atoms with van der Waals surface area (Å²) >= 11 is 1.66. The third-order valence-corrected chi connectivity index (χ3v) is 6.00. The van der Waals surface area contributed by atoms with Crippen LogP contribution < -0.4 is 4.74 Å². The molecule has 5 heteroatoms. The second-order valence-corrected chi connectivity index (χ2v) is 8.59. The van der Waals surface area contributed by atoms with E-state index in [4.69, 9.17) is 9.84 Å². The van der Waals surface area contributed by atoms with E-state index in [1.54, 1.807) is 18.7 Å². The number of benzene rings is 3. The van der Waals surface area contributed by atoms with Gasteiger partial charge in [-0.05, 0) is 60.5 Å². The Bertz CT molecular complexity index is 1170. The zero-order valence-electron chi connectivity index (χ0n) is 17.2. The van der Waals surface area contributed by atoms with Gasteiger partial charge in [-0.3, -0.25) is 4.79 Å². The van der Waals surface area contributed by atoms with Crippen molar-refractivity contribution in [3.8, 4) is 5.75 Å². The van der Waals surface area contributed by atoms with Gasteiger partial charge in [-0.25, -0.2) is 4.98 Å². The van der Waals surface area contributed by atoms with Crippen molar-refractivity contribution in [1.29, 1.82) is 0 Å². The molecule has 3 aromatic carbocycles. The summed E-state index contributed by atoms with van der Waals surface area (Å²) in [6, 6.07) is 28.2. The van der Waals surface area contributed by atoms with Crippen LogP contribution in [0.15, 0.2) is 94.7 Å². The standard InChI is InChI=1S/C26H23NO3S/c1-18(26(28)29)16-19-6-12-23(13-7-19)31-24-14-10-22(11-15-24)30-17-21-9-8-20-4-2-3-5-25(20)27-21/h2-15,18H,16-17H2,1H3,(H,28,29). The number of rotatable bonds is 8. The molecule has 31 heavy (non-hydrogen) atoms. The van der Waals surface area contributed by atoms with Crippen LogP contribution in [0.4, 0.5) is 0 Å². The highest BCUT2D eigenvalue weighted by Crippen LogP contribution is 2.29. The van der Waals surface area contributed by atoms with Crippen molar-refractivity contribution in [1.82, 2.24) is 4.98 Å². The minimum Gasteiger partial charge on any atom is -0.487 e. The first-order valence-electron chi connectivity index (χ1n) is 10.1. The van der Waals surface area contributed by atoms with Crippen LogP contribution in [-0.2, 0) is 17.8 Å². The molecular weight excluding hydrogens is 406 g/mol. The summed E-state index contributed by atoms with van der Waals surface area (Å²) in [6.45, 7) is 2.15. The fraction of sp³-hybridized carbons (Fsp3) is 0.154. The van der Waals surface area contributed by atoms with Crippen molar-refractivity contribution in [2.24, 2.45) is 5.92 Å². The SMILES string of the molecule is CC(Cc1ccc(Sc2ccc(OCc3ccc4ccccc4n3)cc2)cc1)C(=O)O. The van der Waals surface area contributed by atoms with Crippen LogP contribution in [0.3, 0.4) is 0 Å². The van der Waals surface area contributed by atoms with Gasteiger partial charge in [0.05, 0.1) is 17.1 Å². The maximum Gasteiger partial charge on any atom is 0.306 e. The first-order chi connectivity index (χ1) is 15.1. The average Bonchev–Trinajstić information content (AvgIpc) is 2.79. The Balaban J connectivity index is 1.33. The molecule has 0 aliphatic rings. The molecule has 1 aromatic heterocycles. The molecule has 0 bridgehead atoms. The second kappa shape index (κ2) is 9.67. The van der Waals surface area contributed by atoms with E-state index >= 15 is 0 Å². The summed E-state index contributed by atoms with van der Waals surface area (Å²) in [5.41, 5.74) is 2.90. The Morgan fingerprint density at radius 3 is 2.32 bits per heavy atom. The van der Waals surface area contributed by atoms with Gasteiger partial charge in [0.25, 0.3) is 0 Å². The Labute approximate surface area is 185 Å². The highest BCUT2D eigenvalue weighted by molar-refractivity contribution is 7.99. The molecule has 0 radical (unpaired) electrons. The van der Waals surface area contributed by atoms with E-state index in [-0.39, 0.29) is 5.92 Å². The number of nitrogens with zero attached hydrogens (tertiary/aromatic N) is 1. The maximum atomic E-state index is 11.0. The Morgan fingerprint density at radius 2 is 1.61 bits per heavy atom. The molecule has 4 aromatic rings. The second-order valence-electron chi connectivity index (χ2n) is 7.44. The number of fused-ring (bicyclic) bond motifs is 1. The molecule has 1 unspecified atom stereocenters. The largest absolute Gasteiger partial charge is 0.487 e. The van der Waals surface area contributed by atoms with Gasteiger partial charge in [-0.15, -0.1) is 0 Å². The molecule has 1 heterocycles. The molecule has 0 aliphatic heterocycles. The molecule has 4 rings (SSSR count). The highest BCUT2D eigenvalue weighted by Gasteiger charge is 2.11. The lowest BCUT2D eigenvalue weighted by Gasteiger charge is -2.09. The number of carboxylic acid groups (broad SMARTS) is 1. The summed E-state index contributed by atoms with van der Waals surface area (Å²) in [5.74, 6) is -0.342. The zero-order valence-corrected chi connectivity index (χ0v) is 18.0. The van der Waals surface area contributed by atoms with E-state index in [1.807, 2.05) is 78.9 Å². The molecule has 0 saturated heterocycles. The minimum atomic E-state index is -0.767. The van der Waals surface area contributed by atoms with E-state index < -0.39 is 5.97 Å². The number of aromatic nitrogens is 1. The van der Waals surface area contributed by atoms with Gasteiger partial charge < -0.3 is 9.84 Å². The van der Waals surface area contributed by atoms with E-state index in [2.05, 4.69) is 11.1 Å². The minimum absolute atomic E-state index is 0.379. The fourth-order valence-electron chi connectivity index (χ4n) is 3.22. The summed E-state index contributed by atoms with van der Waals surface area (Å²) < 4.78 is 5.90. The van der Waals surface area contributed by atoms with Crippen molar-refractivity contribution >= 4 is 28.6 Å². The number of aliphatic carboxylic acids is 1. The molecular formula is C26H23NO3S. The molecule has 0 spiro atoms. The quantitative estimate of drug-likeness (QED) is 0.360. The van der Waals surface area contributed by atoms with Gasteiger partial charge in [0, 0.05) is 15.2 Å². The van der Waals surface area contributed by atoms with Gasteiger partial charge in [0.1, 0.15) is 12.4 Å². The molecule has 1 N–H and O–H groups in total. The molecule has 0 saturated carbocycles. The van der Waals surface area contributed by atoms with Gasteiger partial charge in [0.15, 0.2) is 0 Å². The maximum absolute atomic E-state index is 11.0. The van der Waals surface area contributed by atoms with E-state index in [9.17, 15) is 4.79 Å². The third kappa shape index (κ3) is 5.64. The van der Waals surface area contributed by atoms with E-state index in [1.165, 1.54) is 0 Å². The first-order valence-corrected chi connectivity index (χ1v) is 11.0. The lowest BCUT2D eigenvalue weighted by Crippen LogP contribution is -2.12. The van der Waals surface area contributed by atoms with E-state index in [0.29, 0.717) is 13.0 Å². The molecule has 156 valence electrons. The molecule has 0 aliphatic carbocycles. The predicted molar refractivity (Wildman–Crippen MR) is 124 cm³/mol. The van der Waals surface area contributed by atoms with Gasteiger partial charge in [0.2, 0.25) is 0 Å². The first kappa shape index (κ1) is 20.9. The Kier molecular flexibility index (Phi) is 6.53. The number of carbonyl (C=O) groups is 1. The Morgan fingerprint density at radius 1 is 0.935 bits per heavy atom. The summed E-state index contributed by atoms with van der Waals surface area (Å²) in [7, 11) is 0. The van der Waals surface area contributed by atoms with Crippen molar-refractivity contribution in [3.05, 3.63) is 96.2 Å². The molecule has 4 nitrogen and oxygen atoms in total. The fourth-order valence-corrected chi connectivity index (χ4v) is 4.04. The highest BCUT2D eigenvalue weighted by atomic mass is 32.2. The zero-order chi connectivity index (χ0) is 21.6. The number of carboxylic acids is 1. The normalized spacial score (nSPS) is 11.9. The smallest absolute Gasteiger partial charge is 0.306 e. The van der Waals surface area contributed by atoms with Crippen LogP contribution in [0, 0.1) is 5.92 Å². The summed E-state index contributed by atoms with van der Waals surface area (Å²) in [6.07, 6.45) is 0.540. The van der Waals surface area contributed by atoms with Crippen molar-refractivity contribution < 1.29 is 14.6 Å². The van der Waals surface area contributed by atoms with Crippen molar-refractivity contribution in [2.75, 3.05) is 0 Å². The molecule has 0 amide bonds. The monoisotopic (exact) mass is 429 g/mol. The van der Waals surface area contributed by atoms with Crippen LogP contribution in [0.2, 0.25) is 0 Å². The number of hydrogen-bond donors (Lipinski definition) is 1. The Hall–Kier alpha value is -3.31.